The van der Waals surface area contributed by atoms with E-state index < -0.39 is 0 Å². The molecule has 1 aromatic heterocycles. The van der Waals surface area contributed by atoms with Crippen molar-refractivity contribution in [2.45, 2.75) is 12.8 Å². The highest BCUT2D eigenvalue weighted by Gasteiger charge is 2.16. The predicted octanol–water partition coefficient (Wildman–Crippen LogP) is 5.25. The number of hydrogen-bond acceptors (Lipinski definition) is 4. The molecule has 0 saturated carbocycles. The average Bonchev–Trinajstić information content (AvgIpc) is 3.09. The Bertz CT molecular complexity index is 1040. The maximum atomic E-state index is 12.4. The van der Waals surface area contributed by atoms with E-state index in [2.05, 4.69) is 15.6 Å². The summed E-state index contributed by atoms with van der Waals surface area (Å²) in [5, 5.41) is 8.78. The molecular weight excluding hydrogens is 405 g/mol. The van der Waals surface area contributed by atoms with Crippen LogP contribution in [0.25, 0.3) is 11.3 Å². The maximum absolute atomic E-state index is 12.4. The van der Waals surface area contributed by atoms with Gasteiger partial charge in [0.05, 0.1) is 5.69 Å². The highest BCUT2D eigenvalue weighted by atomic mass is 35.5. The van der Waals surface area contributed by atoms with Gasteiger partial charge in [-0.1, -0.05) is 29.3 Å². The predicted molar refractivity (Wildman–Crippen MR) is 109 cm³/mol. The molecule has 0 radical (unpaired) electrons. The van der Waals surface area contributed by atoms with Crippen LogP contribution < -0.4 is 10.6 Å². The van der Waals surface area contributed by atoms with E-state index in [0.717, 1.165) is 22.5 Å². The summed E-state index contributed by atoms with van der Waals surface area (Å²) in [5.41, 5.74) is 4.00. The van der Waals surface area contributed by atoms with Crippen molar-refractivity contribution in [2.75, 3.05) is 10.6 Å². The highest BCUT2D eigenvalue weighted by Crippen LogP contribution is 2.31. The number of aryl methyl sites for hydroxylation is 1. The summed E-state index contributed by atoms with van der Waals surface area (Å²) >= 11 is 13.2. The first-order chi connectivity index (χ1) is 13.0. The van der Waals surface area contributed by atoms with Gasteiger partial charge in [-0.25, -0.2) is 4.98 Å². The number of rotatable bonds is 3. The van der Waals surface area contributed by atoms with Gasteiger partial charge < -0.3 is 5.32 Å². The van der Waals surface area contributed by atoms with Gasteiger partial charge in [-0.15, -0.1) is 11.3 Å². The van der Waals surface area contributed by atoms with E-state index in [-0.39, 0.29) is 11.8 Å². The molecule has 2 N–H and O–H groups in total. The topological polar surface area (TPSA) is 71.1 Å². The molecule has 5 nitrogen and oxygen atoms in total. The second kappa shape index (κ2) is 7.31. The Kier molecular flexibility index (Phi) is 4.86. The van der Waals surface area contributed by atoms with E-state index in [0.29, 0.717) is 33.6 Å². The van der Waals surface area contributed by atoms with Gasteiger partial charge in [0.2, 0.25) is 5.91 Å². The molecule has 2 heterocycles. The zero-order valence-corrected chi connectivity index (χ0v) is 16.2. The van der Waals surface area contributed by atoms with Crippen molar-refractivity contribution in [3.05, 3.63) is 63.0 Å². The Hall–Kier alpha value is -2.41. The number of hydrogen-bond donors (Lipinski definition) is 2. The van der Waals surface area contributed by atoms with E-state index in [1.165, 1.54) is 11.3 Å². The summed E-state index contributed by atoms with van der Waals surface area (Å²) in [6.07, 6.45) is 1.19. The molecule has 0 aliphatic carbocycles. The third-order valence-corrected chi connectivity index (χ3v) is 5.34. The number of fused-ring (bicyclic) bond motifs is 1. The minimum Gasteiger partial charge on any atom is -0.326 e. The summed E-state index contributed by atoms with van der Waals surface area (Å²) in [4.78, 5) is 28.3. The quantitative estimate of drug-likeness (QED) is 0.610. The molecule has 0 bridgehead atoms. The number of nitrogens with one attached hydrogen (secondary N) is 2. The van der Waals surface area contributed by atoms with Crippen LogP contribution in [-0.4, -0.2) is 16.8 Å². The van der Waals surface area contributed by atoms with Crippen LogP contribution in [0.4, 0.5) is 10.8 Å². The van der Waals surface area contributed by atoms with Crippen LogP contribution in [0.3, 0.4) is 0 Å². The summed E-state index contributed by atoms with van der Waals surface area (Å²) in [6, 6.07) is 10.5. The van der Waals surface area contributed by atoms with Gasteiger partial charge in [-0.3, -0.25) is 14.9 Å². The van der Waals surface area contributed by atoms with Gasteiger partial charge in [0.15, 0.2) is 5.13 Å². The van der Waals surface area contributed by atoms with E-state index in [9.17, 15) is 9.59 Å². The number of carbonyl (C=O) groups is 2. The van der Waals surface area contributed by atoms with Crippen molar-refractivity contribution in [3.63, 3.8) is 0 Å². The minimum atomic E-state index is -0.326. The Labute approximate surface area is 169 Å². The maximum Gasteiger partial charge on any atom is 0.257 e. The fraction of sp³-hybridized carbons (Fsp3) is 0.105. The number of aromatic nitrogens is 1. The van der Waals surface area contributed by atoms with Crippen molar-refractivity contribution in [1.82, 2.24) is 4.98 Å². The number of amides is 2. The molecule has 0 fully saturated rings. The van der Waals surface area contributed by atoms with Crippen molar-refractivity contribution in [2.24, 2.45) is 0 Å². The second-order valence-corrected chi connectivity index (χ2v) is 7.80. The molecule has 136 valence electrons. The Morgan fingerprint density at radius 1 is 1.11 bits per heavy atom. The van der Waals surface area contributed by atoms with Crippen molar-refractivity contribution in [1.29, 1.82) is 0 Å². The number of benzene rings is 2. The van der Waals surface area contributed by atoms with Crippen molar-refractivity contribution < 1.29 is 9.59 Å². The molecule has 4 rings (SSSR count). The molecule has 2 aromatic carbocycles. The van der Waals surface area contributed by atoms with Gasteiger partial charge in [0.25, 0.3) is 5.91 Å². The summed E-state index contributed by atoms with van der Waals surface area (Å²) < 4.78 is 0. The van der Waals surface area contributed by atoms with Crippen molar-refractivity contribution >= 4 is 57.2 Å². The van der Waals surface area contributed by atoms with Crippen LogP contribution in [0.15, 0.2) is 41.8 Å². The third kappa shape index (κ3) is 3.98. The normalized spacial score (nSPS) is 13.0. The summed E-state index contributed by atoms with van der Waals surface area (Å²) in [6.45, 7) is 0. The third-order valence-electron chi connectivity index (χ3n) is 4.15. The number of halogens is 2. The zero-order chi connectivity index (χ0) is 19.0. The number of thiazole rings is 1. The van der Waals surface area contributed by atoms with E-state index in [1.54, 1.807) is 18.2 Å². The van der Waals surface area contributed by atoms with Crippen LogP contribution >= 0.6 is 34.5 Å². The van der Waals surface area contributed by atoms with Crippen LogP contribution in [0.1, 0.15) is 22.3 Å². The fourth-order valence-corrected chi connectivity index (χ4v) is 4.10. The Morgan fingerprint density at radius 2 is 1.89 bits per heavy atom. The SMILES string of the molecule is O=C1CCc2cc(-c3csc(NC(=O)c4cc(Cl)cc(Cl)c4)n3)ccc2N1. The molecule has 0 saturated heterocycles. The lowest BCUT2D eigenvalue weighted by Gasteiger charge is -2.17. The zero-order valence-electron chi connectivity index (χ0n) is 13.9. The number of anilines is 2. The standard InChI is InChI=1S/C19H13Cl2N3O2S/c20-13-6-12(7-14(21)8-13)18(26)24-19-23-16(9-27-19)11-1-3-15-10(5-11)2-4-17(25)22-15/h1,3,5-9H,2,4H2,(H,22,25)(H,23,24,26). The van der Waals surface area contributed by atoms with Crippen molar-refractivity contribution in [3.8, 4) is 11.3 Å². The number of nitrogens with zero attached hydrogens (tertiary/aromatic N) is 1. The molecule has 0 unspecified atom stereocenters. The highest BCUT2D eigenvalue weighted by molar-refractivity contribution is 7.14. The summed E-state index contributed by atoms with van der Waals surface area (Å²) in [5.74, 6) is -0.288. The first-order valence-corrected chi connectivity index (χ1v) is 9.77. The largest absolute Gasteiger partial charge is 0.326 e. The van der Waals surface area contributed by atoms with Gasteiger partial charge in [-0.05, 0) is 42.3 Å². The van der Waals surface area contributed by atoms with E-state index in [4.69, 9.17) is 23.2 Å². The molecule has 1 aliphatic heterocycles. The first-order valence-electron chi connectivity index (χ1n) is 8.14. The number of carbonyl (C=O) groups excluding carboxylic acids is 2. The first kappa shape index (κ1) is 18.0. The molecule has 3 aromatic rings. The lowest BCUT2D eigenvalue weighted by molar-refractivity contribution is -0.116. The van der Waals surface area contributed by atoms with Crippen LogP contribution in [-0.2, 0) is 11.2 Å². The fourth-order valence-electron chi connectivity index (χ4n) is 2.86. The van der Waals surface area contributed by atoms with Gasteiger partial charge in [0, 0.05) is 38.7 Å². The monoisotopic (exact) mass is 417 g/mol. The Balaban J connectivity index is 1.53. The molecule has 0 spiro atoms. The minimum absolute atomic E-state index is 0.0371. The average molecular weight is 418 g/mol. The van der Waals surface area contributed by atoms with Crippen LogP contribution in [0, 0.1) is 0 Å². The van der Waals surface area contributed by atoms with E-state index >= 15 is 0 Å². The lowest BCUT2D eigenvalue weighted by atomic mass is 9.99. The van der Waals surface area contributed by atoms with E-state index in [1.807, 2.05) is 23.6 Å². The van der Waals surface area contributed by atoms with Gasteiger partial charge in [0.1, 0.15) is 0 Å². The second-order valence-electron chi connectivity index (χ2n) is 6.07. The molecule has 2 amide bonds. The molecular formula is C19H13Cl2N3O2S. The summed E-state index contributed by atoms with van der Waals surface area (Å²) in [7, 11) is 0. The Morgan fingerprint density at radius 3 is 2.67 bits per heavy atom. The lowest BCUT2D eigenvalue weighted by Crippen LogP contribution is -2.18. The van der Waals surface area contributed by atoms with Gasteiger partial charge in [-0.2, -0.15) is 0 Å². The van der Waals surface area contributed by atoms with Gasteiger partial charge >= 0.3 is 0 Å². The molecule has 27 heavy (non-hydrogen) atoms. The molecule has 1 aliphatic rings. The molecule has 8 heteroatoms. The van der Waals surface area contributed by atoms with Crippen LogP contribution in [0.2, 0.25) is 10.0 Å². The van der Waals surface area contributed by atoms with Crippen LogP contribution in [0.5, 0.6) is 0 Å². The smallest absolute Gasteiger partial charge is 0.257 e. The molecule has 0 atom stereocenters.